The Bertz CT molecular complexity index is 274. The second kappa shape index (κ2) is 3.33. The van der Waals surface area contributed by atoms with E-state index in [1.807, 2.05) is 0 Å². The zero-order valence-corrected chi connectivity index (χ0v) is 8.10. The molecule has 80 valence electrons. The lowest BCUT2D eigenvalue weighted by molar-refractivity contribution is -0.224. The summed E-state index contributed by atoms with van der Waals surface area (Å²) < 4.78 is 37.8. The maximum atomic E-state index is 12.6. The van der Waals surface area contributed by atoms with Crippen molar-refractivity contribution >= 4 is 0 Å². The quantitative estimate of drug-likeness (QED) is 0.695. The van der Waals surface area contributed by atoms with Gasteiger partial charge in [-0.2, -0.15) is 13.2 Å². The molecular weight excluding hydrogens is 193 g/mol. The van der Waals surface area contributed by atoms with Crippen molar-refractivity contribution < 1.29 is 18.3 Å². The molecule has 0 bridgehead atoms. The zero-order chi connectivity index (χ0) is 11.0. The minimum atomic E-state index is -4.22. The molecule has 0 saturated heterocycles. The number of alkyl halides is 3. The van der Waals surface area contributed by atoms with Crippen molar-refractivity contribution in [1.82, 2.24) is 0 Å². The van der Waals surface area contributed by atoms with Crippen LogP contribution in [0.1, 0.15) is 20.3 Å². The Balaban J connectivity index is 2.82. The maximum Gasteiger partial charge on any atom is 0.394 e. The molecule has 0 fully saturated rings. The zero-order valence-electron chi connectivity index (χ0n) is 8.10. The standard InChI is InChI=1S/C10H13F3O/c1-9(2,10(11,12)13)7-3-5-8(14)6-4-7/h3,5-7,14H,4H2,1-2H3. The highest BCUT2D eigenvalue weighted by atomic mass is 19.4. The molecule has 14 heavy (non-hydrogen) atoms. The first kappa shape index (κ1) is 11.1. The predicted molar refractivity (Wildman–Crippen MR) is 47.8 cm³/mol. The smallest absolute Gasteiger partial charge is 0.394 e. The Morgan fingerprint density at radius 1 is 1.36 bits per heavy atom. The van der Waals surface area contributed by atoms with Crippen LogP contribution in [0.4, 0.5) is 13.2 Å². The summed E-state index contributed by atoms with van der Waals surface area (Å²) in [5, 5.41) is 8.99. The van der Waals surface area contributed by atoms with E-state index in [2.05, 4.69) is 0 Å². The SMILES string of the molecule is CC(C)(C1C=CC(O)=CC1)C(F)(F)F. The third-order valence-corrected chi connectivity index (χ3v) is 2.74. The van der Waals surface area contributed by atoms with Gasteiger partial charge in [-0.15, -0.1) is 0 Å². The molecule has 4 heteroatoms. The number of aliphatic hydroxyl groups is 1. The fourth-order valence-electron chi connectivity index (χ4n) is 1.35. The van der Waals surface area contributed by atoms with Gasteiger partial charge in [0.25, 0.3) is 0 Å². The number of rotatable bonds is 1. The molecule has 0 aliphatic heterocycles. The van der Waals surface area contributed by atoms with E-state index in [9.17, 15) is 13.2 Å². The lowest BCUT2D eigenvalue weighted by atomic mass is 9.75. The average molecular weight is 206 g/mol. The molecule has 0 heterocycles. The van der Waals surface area contributed by atoms with Gasteiger partial charge in [-0.05, 0) is 24.5 Å². The van der Waals surface area contributed by atoms with E-state index in [1.54, 1.807) is 0 Å². The third-order valence-electron chi connectivity index (χ3n) is 2.74. The van der Waals surface area contributed by atoms with Gasteiger partial charge >= 0.3 is 6.18 Å². The average Bonchev–Trinajstić information content (AvgIpc) is 2.03. The lowest BCUT2D eigenvalue weighted by Gasteiger charge is -2.34. The first-order valence-corrected chi connectivity index (χ1v) is 4.39. The minimum Gasteiger partial charge on any atom is -0.508 e. The molecule has 0 amide bonds. The largest absolute Gasteiger partial charge is 0.508 e. The van der Waals surface area contributed by atoms with Crippen LogP contribution in [0.15, 0.2) is 24.0 Å². The first-order valence-electron chi connectivity index (χ1n) is 4.39. The molecule has 1 unspecified atom stereocenters. The van der Waals surface area contributed by atoms with E-state index >= 15 is 0 Å². The fourth-order valence-corrected chi connectivity index (χ4v) is 1.35. The lowest BCUT2D eigenvalue weighted by Crippen LogP contribution is -2.38. The molecule has 0 aromatic rings. The highest BCUT2D eigenvalue weighted by Crippen LogP contribution is 2.46. The summed E-state index contributed by atoms with van der Waals surface area (Å²) in [5.74, 6) is -0.558. The van der Waals surface area contributed by atoms with Crippen LogP contribution in [0.5, 0.6) is 0 Å². The van der Waals surface area contributed by atoms with Crippen LogP contribution in [0.2, 0.25) is 0 Å². The highest BCUT2D eigenvalue weighted by Gasteiger charge is 2.51. The fraction of sp³-hybridized carbons (Fsp3) is 0.600. The van der Waals surface area contributed by atoms with Crippen molar-refractivity contribution in [2.45, 2.75) is 26.4 Å². The number of aliphatic hydroxyl groups excluding tert-OH is 1. The summed E-state index contributed by atoms with van der Waals surface area (Å²) in [5.41, 5.74) is -1.75. The molecular formula is C10H13F3O. The summed E-state index contributed by atoms with van der Waals surface area (Å²) in [7, 11) is 0. The molecule has 0 radical (unpaired) electrons. The molecule has 1 N–H and O–H groups in total. The maximum absolute atomic E-state index is 12.6. The van der Waals surface area contributed by atoms with Gasteiger partial charge in [0.05, 0.1) is 5.41 Å². The first-order chi connectivity index (χ1) is 6.25. The van der Waals surface area contributed by atoms with Gasteiger partial charge in [0.2, 0.25) is 0 Å². The number of allylic oxidation sites excluding steroid dienone is 3. The van der Waals surface area contributed by atoms with Crippen LogP contribution in [-0.4, -0.2) is 11.3 Å². The van der Waals surface area contributed by atoms with Crippen LogP contribution in [0.25, 0.3) is 0 Å². The van der Waals surface area contributed by atoms with E-state index in [4.69, 9.17) is 5.11 Å². The van der Waals surface area contributed by atoms with Crippen molar-refractivity contribution in [3.63, 3.8) is 0 Å². The van der Waals surface area contributed by atoms with E-state index in [-0.39, 0.29) is 12.2 Å². The van der Waals surface area contributed by atoms with Crippen molar-refractivity contribution in [1.29, 1.82) is 0 Å². The number of hydrogen-bond acceptors (Lipinski definition) is 1. The topological polar surface area (TPSA) is 20.2 Å². The summed E-state index contributed by atoms with van der Waals surface area (Å²) in [6.45, 7) is 2.36. The molecule has 0 aromatic carbocycles. The Morgan fingerprint density at radius 2 is 1.93 bits per heavy atom. The molecule has 1 aliphatic rings. The molecule has 0 aromatic heterocycles. The van der Waals surface area contributed by atoms with E-state index in [0.29, 0.717) is 0 Å². The monoisotopic (exact) mass is 206 g/mol. The predicted octanol–water partition coefficient (Wildman–Crippen LogP) is 3.59. The minimum absolute atomic E-state index is 0.0409. The van der Waals surface area contributed by atoms with E-state index in [1.165, 1.54) is 32.1 Å². The second-order valence-electron chi connectivity index (χ2n) is 4.05. The molecule has 1 aliphatic carbocycles. The number of halogens is 3. The number of hydrogen-bond donors (Lipinski definition) is 1. The van der Waals surface area contributed by atoms with Crippen LogP contribution >= 0.6 is 0 Å². The third kappa shape index (κ3) is 1.94. The van der Waals surface area contributed by atoms with Crippen molar-refractivity contribution in [2.24, 2.45) is 11.3 Å². The van der Waals surface area contributed by atoms with Gasteiger partial charge in [0, 0.05) is 0 Å². The highest BCUT2D eigenvalue weighted by molar-refractivity contribution is 5.19. The van der Waals surface area contributed by atoms with Crippen LogP contribution in [0.3, 0.4) is 0 Å². The summed E-state index contributed by atoms with van der Waals surface area (Å²) in [4.78, 5) is 0. The molecule has 0 saturated carbocycles. The van der Waals surface area contributed by atoms with Crippen LogP contribution < -0.4 is 0 Å². The van der Waals surface area contributed by atoms with Crippen LogP contribution in [0, 0.1) is 11.3 Å². The van der Waals surface area contributed by atoms with Crippen molar-refractivity contribution in [3.8, 4) is 0 Å². The Hall–Kier alpha value is -0.930. The van der Waals surface area contributed by atoms with Gasteiger partial charge in [-0.1, -0.05) is 19.9 Å². The van der Waals surface area contributed by atoms with Gasteiger partial charge in [0.15, 0.2) is 0 Å². The molecule has 1 atom stereocenters. The molecule has 0 spiro atoms. The Kier molecular flexibility index (Phi) is 2.65. The second-order valence-corrected chi connectivity index (χ2v) is 4.05. The van der Waals surface area contributed by atoms with E-state index in [0.717, 1.165) is 0 Å². The van der Waals surface area contributed by atoms with Gasteiger partial charge in [-0.25, -0.2) is 0 Å². The van der Waals surface area contributed by atoms with Gasteiger partial charge in [0.1, 0.15) is 5.76 Å². The Morgan fingerprint density at radius 3 is 2.29 bits per heavy atom. The summed E-state index contributed by atoms with van der Waals surface area (Å²) in [6.07, 6.45) is 0.167. The molecule has 1 rings (SSSR count). The van der Waals surface area contributed by atoms with E-state index < -0.39 is 17.5 Å². The molecule has 1 nitrogen and oxygen atoms in total. The summed E-state index contributed by atoms with van der Waals surface area (Å²) in [6, 6.07) is 0. The van der Waals surface area contributed by atoms with Gasteiger partial charge in [-0.3, -0.25) is 0 Å². The van der Waals surface area contributed by atoms with Crippen molar-refractivity contribution in [2.75, 3.05) is 0 Å². The normalized spacial score (nSPS) is 23.5. The van der Waals surface area contributed by atoms with Crippen LogP contribution in [-0.2, 0) is 0 Å². The van der Waals surface area contributed by atoms with Crippen molar-refractivity contribution in [3.05, 3.63) is 24.0 Å². The summed E-state index contributed by atoms with van der Waals surface area (Å²) >= 11 is 0. The Labute approximate surface area is 80.9 Å². The van der Waals surface area contributed by atoms with Gasteiger partial charge < -0.3 is 5.11 Å².